The zero-order valence-corrected chi connectivity index (χ0v) is 16.0. The molecule has 0 atom stereocenters. The maximum absolute atomic E-state index is 14.3. The van der Waals surface area contributed by atoms with E-state index in [9.17, 15) is 4.39 Å². The Hall–Kier alpha value is -2.93. The molecule has 3 heterocycles. The number of nitrogens with zero attached hydrogens (tertiary/aromatic N) is 4. The van der Waals surface area contributed by atoms with E-state index < -0.39 is 0 Å². The van der Waals surface area contributed by atoms with Crippen LogP contribution in [-0.2, 0) is 0 Å². The van der Waals surface area contributed by atoms with Gasteiger partial charge in [0.05, 0.1) is 21.9 Å². The number of hydrogen-bond donors (Lipinski definition) is 2. The summed E-state index contributed by atoms with van der Waals surface area (Å²) in [5, 5.41) is 7.63. The van der Waals surface area contributed by atoms with Crippen LogP contribution in [0.15, 0.2) is 36.4 Å². The van der Waals surface area contributed by atoms with Crippen LogP contribution in [-0.4, -0.2) is 58.3 Å². The molecule has 0 amide bonds. The van der Waals surface area contributed by atoms with Gasteiger partial charge >= 0.3 is 0 Å². The first kappa shape index (κ1) is 17.2. The molecule has 0 bridgehead atoms. The predicted molar refractivity (Wildman–Crippen MR) is 110 cm³/mol. The van der Waals surface area contributed by atoms with E-state index in [1.807, 2.05) is 12.1 Å². The molecule has 0 unspecified atom stereocenters. The van der Waals surface area contributed by atoms with Crippen molar-refractivity contribution in [3.63, 3.8) is 0 Å². The van der Waals surface area contributed by atoms with Crippen molar-refractivity contribution >= 4 is 27.6 Å². The number of piperidine rings is 1. The molecule has 2 aromatic carbocycles. The number of imidazole rings is 1. The molecule has 2 aromatic heterocycles. The summed E-state index contributed by atoms with van der Waals surface area (Å²) in [6.45, 7) is 2.26. The number of rotatable bonds is 3. The second-order valence-corrected chi connectivity index (χ2v) is 7.67. The van der Waals surface area contributed by atoms with Gasteiger partial charge in [0, 0.05) is 18.8 Å². The molecule has 0 aliphatic carbocycles. The predicted octanol–water partition coefficient (Wildman–Crippen LogP) is 3.78. The summed E-state index contributed by atoms with van der Waals surface area (Å²) in [6, 6.07) is 11.7. The third-order valence-electron chi connectivity index (χ3n) is 5.87. The fraction of sp³-hybridized carbons (Fsp3) is 0.333. The molecule has 1 saturated heterocycles. The minimum Gasteiger partial charge on any atom is -0.371 e. The highest BCUT2D eigenvalue weighted by atomic mass is 19.1. The Morgan fingerprint density at radius 3 is 2.79 bits per heavy atom. The molecule has 6 nitrogen and oxygen atoms in total. The molecule has 0 saturated carbocycles. The Kier molecular flexibility index (Phi) is 4.05. The summed E-state index contributed by atoms with van der Waals surface area (Å²) in [7, 11) is 4.33. The van der Waals surface area contributed by atoms with Crippen LogP contribution >= 0.6 is 0 Å². The van der Waals surface area contributed by atoms with E-state index in [4.69, 9.17) is 0 Å². The molecule has 4 aromatic rings. The molecule has 5 rings (SSSR count). The number of likely N-dealkylation sites (tertiary alicyclic amines) is 1. The lowest BCUT2D eigenvalue weighted by Gasteiger charge is -2.36. The van der Waals surface area contributed by atoms with Crippen molar-refractivity contribution in [1.29, 1.82) is 0 Å². The van der Waals surface area contributed by atoms with Crippen LogP contribution in [0.3, 0.4) is 0 Å². The van der Waals surface area contributed by atoms with Gasteiger partial charge < -0.3 is 14.8 Å². The zero-order valence-electron chi connectivity index (χ0n) is 16.0. The van der Waals surface area contributed by atoms with Gasteiger partial charge in [0.25, 0.3) is 0 Å². The van der Waals surface area contributed by atoms with Gasteiger partial charge in [0.2, 0.25) is 0 Å². The topological polar surface area (TPSA) is 63.8 Å². The van der Waals surface area contributed by atoms with Gasteiger partial charge in [-0.05, 0) is 63.3 Å². The standard InChI is InChI=1S/C21H23FN6/c1-27-10-8-13(9-11-27)28(2)14-6-7-16-18(12-14)24-21(23-16)20-19-15(22)4-3-5-17(19)25-26-20/h3-7,12-13H,8-11H2,1-2H3,(H,23,24)(H,25,26). The van der Waals surface area contributed by atoms with Crippen LogP contribution in [0.5, 0.6) is 0 Å². The number of hydrogen-bond acceptors (Lipinski definition) is 4. The summed E-state index contributed by atoms with van der Waals surface area (Å²) < 4.78 is 14.3. The molecule has 28 heavy (non-hydrogen) atoms. The molecular weight excluding hydrogens is 355 g/mol. The number of fused-ring (bicyclic) bond motifs is 2. The number of halogens is 1. The fourth-order valence-corrected chi connectivity index (χ4v) is 4.12. The van der Waals surface area contributed by atoms with Crippen LogP contribution in [0.2, 0.25) is 0 Å². The highest BCUT2D eigenvalue weighted by Crippen LogP contribution is 2.30. The summed E-state index contributed by atoms with van der Waals surface area (Å²) in [4.78, 5) is 12.7. The second kappa shape index (κ2) is 6.60. The number of benzene rings is 2. The maximum Gasteiger partial charge on any atom is 0.159 e. The van der Waals surface area contributed by atoms with Gasteiger partial charge in [-0.3, -0.25) is 5.10 Å². The number of H-pyrrole nitrogens is 2. The Morgan fingerprint density at radius 1 is 1.14 bits per heavy atom. The van der Waals surface area contributed by atoms with Crippen LogP contribution < -0.4 is 4.90 Å². The van der Waals surface area contributed by atoms with E-state index in [-0.39, 0.29) is 5.82 Å². The normalized spacial score (nSPS) is 16.2. The molecule has 1 aliphatic rings. The Labute approximate surface area is 162 Å². The van der Waals surface area contributed by atoms with Gasteiger partial charge in [0.15, 0.2) is 5.82 Å². The molecule has 144 valence electrons. The van der Waals surface area contributed by atoms with Crippen molar-refractivity contribution in [2.45, 2.75) is 18.9 Å². The van der Waals surface area contributed by atoms with Crippen molar-refractivity contribution < 1.29 is 4.39 Å². The largest absolute Gasteiger partial charge is 0.371 e. The van der Waals surface area contributed by atoms with Crippen molar-refractivity contribution in [1.82, 2.24) is 25.1 Å². The average molecular weight is 378 g/mol. The first-order chi connectivity index (χ1) is 13.6. The lowest BCUT2D eigenvalue weighted by molar-refractivity contribution is 0.253. The van der Waals surface area contributed by atoms with E-state index in [1.165, 1.54) is 6.07 Å². The van der Waals surface area contributed by atoms with Crippen LogP contribution in [0, 0.1) is 5.82 Å². The van der Waals surface area contributed by atoms with Crippen LogP contribution in [0.25, 0.3) is 33.5 Å². The first-order valence-corrected chi connectivity index (χ1v) is 9.64. The van der Waals surface area contributed by atoms with Gasteiger partial charge in [-0.1, -0.05) is 6.07 Å². The summed E-state index contributed by atoms with van der Waals surface area (Å²) in [5.74, 6) is 0.273. The smallest absolute Gasteiger partial charge is 0.159 e. The van der Waals surface area contributed by atoms with Crippen molar-refractivity contribution in [3.05, 3.63) is 42.2 Å². The van der Waals surface area contributed by atoms with E-state index in [0.717, 1.165) is 42.7 Å². The number of nitrogens with one attached hydrogen (secondary N) is 2. The summed E-state index contributed by atoms with van der Waals surface area (Å²) in [5.41, 5.74) is 4.12. The fourth-order valence-electron chi connectivity index (χ4n) is 4.12. The minimum atomic E-state index is -0.301. The molecule has 0 radical (unpaired) electrons. The molecule has 0 spiro atoms. The second-order valence-electron chi connectivity index (χ2n) is 7.67. The van der Waals surface area contributed by atoms with Crippen LogP contribution in [0.1, 0.15) is 12.8 Å². The molecule has 2 N–H and O–H groups in total. The maximum atomic E-state index is 14.3. The summed E-state index contributed by atoms with van der Waals surface area (Å²) in [6.07, 6.45) is 2.33. The van der Waals surface area contributed by atoms with Crippen molar-refractivity contribution in [2.75, 3.05) is 32.1 Å². The van der Waals surface area contributed by atoms with Gasteiger partial charge in [-0.2, -0.15) is 5.10 Å². The number of aromatic nitrogens is 4. The lowest BCUT2D eigenvalue weighted by Crippen LogP contribution is -2.41. The molecule has 1 aliphatic heterocycles. The molecular formula is C21H23FN6. The van der Waals surface area contributed by atoms with Crippen molar-refractivity contribution in [2.24, 2.45) is 0 Å². The van der Waals surface area contributed by atoms with E-state index in [2.05, 4.69) is 56.2 Å². The van der Waals surface area contributed by atoms with E-state index >= 15 is 0 Å². The molecule has 7 heteroatoms. The summed E-state index contributed by atoms with van der Waals surface area (Å²) >= 11 is 0. The average Bonchev–Trinajstić information content (AvgIpc) is 3.32. The van der Waals surface area contributed by atoms with Crippen LogP contribution in [0.4, 0.5) is 10.1 Å². The third-order valence-corrected chi connectivity index (χ3v) is 5.87. The Balaban J connectivity index is 1.50. The quantitative estimate of drug-likeness (QED) is 0.570. The van der Waals surface area contributed by atoms with E-state index in [1.54, 1.807) is 6.07 Å². The zero-order chi connectivity index (χ0) is 19.3. The van der Waals surface area contributed by atoms with Gasteiger partial charge in [0.1, 0.15) is 11.5 Å². The molecule has 1 fully saturated rings. The first-order valence-electron chi connectivity index (χ1n) is 9.64. The SMILES string of the molecule is CN1CCC(N(C)c2ccc3nc(-c4n[nH]c5cccc(F)c45)[nH]c3c2)CC1. The Bertz CT molecular complexity index is 1140. The monoisotopic (exact) mass is 378 g/mol. The lowest BCUT2D eigenvalue weighted by atomic mass is 10.0. The number of anilines is 1. The van der Waals surface area contributed by atoms with Gasteiger partial charge in [-0.25, -0.2) is 9.37 Å². The number of aromatic amines is 2. The third kappa shape index (κ3) is 2.82. The minimum absolute atomic E-state index is 0.301. The highest BCUT2D eigenvalue weighted by molar-refractivity contribution is 5.93. The highest BCUT2D eigenvalue weighted by Gasteiger charge is 2.21. The van der Waals surface area contributed by atoms with Crippen molar-refractivity contribution in [3.8, 4) is 11.5 Å². The van der Waals surface area contributed by atoms with Gasteiger partial charge in [-0.15, -0.1) is 0 Å². The Morgan fingerprint density at radius 2 is 1.96 bits per heavy atom. The van der Waals surface area contributed by atoms with E-state index in [0.29, 0.717) is 28.5 Å².